The number of carbonyl (C=O) groups is 2. The fourth-order valence-electron chi connectivity index (χ4n) is 3.95. The number of benzene rings is 1. The van der Waals surface area contributed by atoms with Crippen LogP contribution in [0.15, 0.2) is 53.7 Å². The lowest BCUT2D eigenvalue weighted by Crippen LogP contribution is -2.71. The van der Waals surface area contributed by atoms with Gasteiger partial charge in [0.1, 0.15) is 12.4 Å². The molecule has 4 rings (SSSR count). The fourth-order valence-corrected chi connectivity index (χ4v) is 3.95. The molecular weight excluding hydrogens is 370 g/mol. The van der Waals surface area contributed by atoms with Crippen molar-refractivity contribution in [2.24, 2.45) is 0 Å². The van der Waals surface area contributed by atoms with Crippen LogP contribution in [-0.4, -0.2) is 52.5 Å². The van der Waals surface area contributed by atoms with E-state index in [9.17, 15) is 9.59 Å². The minimum atomic E-state index is -0.504. The first-order valence-electron chi connectivity index (χ1n) is 9.88. The molecule has 2 aliphatic heterocycles. The van der Waals surface area contributed by atoms with Crippen LogP contribution in [0.4, 0.5) is 0 Å². The average Bonchev–Trinajstić information content (AvgIpc) is 3.35. The average molecular weight is 395 g/mol. The van der Waals surface area contributed by atoms with Crippen LogP contribution in [0.2, 0.25) is 0 Å². The minimum Gasteiger partial charge on any atom is -0.444 e. The zero-order chi connectivity index (χ0) is 20.4. The molecule has 0 spiro atoms. The zero-order valence-corrected chi connectivity index (χ0v) is 16.5. The molecule has 2 amide bonds. The number of aromatic nitrogens is 1. The molecule has 2 unspecified atom stereocenters. The van der Waals surface area contributed by atoms with Gasteiger partial charge < -0.3 is 19.4 Å². The molecule has 7 nitrogen and oxygen atoms in total. The zero-order valence-electron chi connectivity index (χ0n) is 16.5. The monoisotopic (exact) mass is 395 g/mol. The molecule has 152 valence electrons. The van der Waals surface area contributed by atoms with Crippen LogP contribution in [0.25, 0.3) is 11.5 Å². The molecule has 0 radical (unpaired) electrons. The van der Waals surface area contributed by atoms with Crippen molar-refractivity contribution in [3.05, 3.63) is 54.9 Å². The van der Waals surface area contributed by atoms with Crippen LogP contribution in [0.5, 0.6) is 0 Å². The first-order chi connectivity index (χ1) is 14.0. The van der Waals surface area contributed by atoms with E-state index < -0.39 is 11.6 Å². The van der Waals surface area contributed by atoms with Crippen LogP contribution >= 0.6 is 0 Å². The number of amides is 2. The molecule has 2 aliphatic rings. The van der Waals surface area contributed by atoms with Gasteiger partial charge in [0.15, 0.2) is 5.69 Å². The molecule has 0 bridgehead atoms. The smallest absolute Gasteiger partial charge is 0.275 e. The summed E-state index contributed by atoms with van der Waals surface area (Å²) in [4.78, 5) is 31.4. The van der Waals surface area contributed by atoms with Crippen LogP contribution in [-0.2, 0) is 9.53 Å². The van der Waals surface area contributed by atoms with E-state index in [1.54, 1.807) is 11.0 Å². The molecule has 2 fully saturated rings. The predicted molar refractivity (Wildman–Crippen MR) is 107 cm³/mol. The Bertz CT molecular complexity index is 902. The number of hydrogen-bond donors (Lipinski definition) is 1. The Hall–Kier alpha value is -2.93. The summed E-state index contributed by atoms with van der Waals surface area (Å²) in [5, 5.41) is 3.09. The van der Waals surface area contributed by atoms with E-state index in [-0.39, 0.29) is 23.6 Å². The second kappa shape index (κ2) is 7.83. The molecule has 0 saturated carbocycles. The van der Waals surface area contributed by atoms with Gasteiger partial charge in [-0.25, -0.2) is 4.98 Å². The van der Waals surface area contributed by atoms with E-state index in [1.165, 1.54) is 6.26 Å². The molecule has 2 atom stereocenters. The number of nitrogens with one attached hydrogen (secondary N) is 1. The molecular formula is C22H25N3O4. The van der Waals surface area contributed by atoms with Crippen LogP contribution in [0.3, 0.4) is 0 Å². The number of ether oxygens (including phenoxy) is 1. The maximum absolute atomic E-state index is 12.8. The summed E-state index contributed by atoms with van der Waals surface area (Å²) < 4.78 is 11.1. The highest BCUT2D eigenvalue weighted by atomic mass is 16.5. The minimum absolute atomic E-state index is 0.103. The molecule has 1 N–H and O–H groups in total. The Balaban J connectivity index is 1.40. The molecule has 1 aromatic carbocycles. The van der Waals surface area contributed by atoms with Crippen LogP contribution < -0.4 is 5.32 Å². The van der Waals surface area contributed by atoms with Gasteiger partial charge in [0, 0.05) is 18.7 Å². The topological polar surface area (TPSA) is 84.7 Å². The third kappa shape index (κ3) is 3.96. The third-order valence-corrected chi connectivity index (χ3v) is 5.47. The number of oxazole rings is 1. The van der Waals surface area contributed by atoms with Crippen molar-refractivity contribution in [2.45, 2.75) is 43.9 Å². The van der Waals surface area contributed by atoms with E-state index in [0.717, 1.165) is 18.4 Å². The SMILES string of the molecule is C=CCC1(NC(=O)C2CCC(C)O2)CN(C(=O)c2coc(-c3ccccc3)n2)C1. The summed E-state index contributed by atoms with van der Waals surface area (Å²) in [6.07, 6.45) is 5.02. The molecule has 7 heteroatoms. The van der Waals surface area contributed by atoms with Crippen LogP contribution in [0.1, 0.15) is 36.7 Å². The Labute approximate surface area is 169 Å². The van der Waals surface area contributed by atoms with Crippen LogP contribution in [0, 0.1) is 0 Å². The first kappa shape index (κ1) is 19.4. The Morgan fingerprint density at radius 3 is 2.72 bits per heavy atom. The lowest BCUT2D eigenvalue weighted by molar-refractivity contribution is -0.135. The number of hydrogen-bond acceptors (Lipinski definition) is 5. The quantitative estimate of drug-likeness (QED) is 0.761. The van der Waals surface area contributed by atoms with Gasteiger partial charge in [-0.15, -0.1) is 6.58 Å². The van der Waals surface area contributed by atoms with Gasteiger partial charge in [0.2, 0.25) is 11.8 Å². The van der Waals surface area contributed by atoms with Crippen molar-refractivity contribution in [1.29, 1.82) is 0 Å². The number of carbonyl (C=O) groups excluding carboxylic acids is 2. The standard InChI is InChI=1S/C22H25N3O4/c1-3-11-22(24-19(26)18-10-9-15(2)29-18)13-25(14-22)21(27)17-12-28-20(23-17)16-7-5-4-6-8-16/h3-8,12,15,18H,1,9-11,13-14H2,2H3,(H,24,26). The lowest BCUT2D eigenvalue weighted by atomic mass is 9.85. The van der Waals surface area contributed by atoms with E-state index in [4.69, 9.17) is 9.15 Å². The van der Waals surface area contributed by atoms with E-state index in [0.29, 0.717) is 25.4 Å². The van der Waals surface area contributed by atoms with E-state index >= 15 is 0 Å². The number of rotatable bonds is 6. The molecule has 29 heavy (non-hydrogen) atoms. The van der Waals surface area contributed by atoms with Crippen molar-refractivity contribution in [3.8, 4) is 11.5 Å². The van der Waals surface area contributed by atoms with Gasteiger partial charge in [0.05, 0.1) is 11.6 Å². The Kier molecular flexibility index (Phi) is 5.24. The predicted octanol–water partition coefficient (Wildman–Crippen LogP) is 2.80. The van der Waals surface area contributed by atoms with Gasteiger partial charge in [-0.1, -0.05) is 24.3 Å². The normalized spacial score (nSPS) is 22.7. The summed E-state index contributed by atoms with van der Waals surface area (Å²) in [6.45, 7) is 6.57. The molecule has 1 aromatic heterocycles. The third-order valence-electron chi connectivity index (χ3n) is 5.47. The fraction of sp³-hybridized carbons (Fsp3) is 0.409. The highest BCUT2D eigenvalue weighted by Crippen LogP contribution is 2.29. The largest absolute Gasteiger partial charge is 0.444 e. The van der Waals surface area contributed by atoms with Gasteiger partial charge >= 0.3 is 0 Å². The van der Waals surface area contributed by atoms with Crippen molar-refractivity contribution >= 4 is 11.8 Å². The van der Waals surface area contributed by atoms with Crippen molar-refractivity contribution in [1.82, 2.24) is 15.2 Å². The Morgan fingerprint density at radius 1 is 1.31 bits per heavy atom. The molecule has 2 aromatic rings. The van der Waals surface area contributed by atoms with Gasteiger partial charge in [-0.3, -0.25) is 9.59 Å². The maximum atomic E-state index is 12.8. The van der Waals surface area contributed by atoms with Gasteiger partial charge in [0.25, 0.3) is 5.91 Å². The number of likely N-dealkylation sites (tertiary alicyclic amines) is 1. The van der Waals surface area contributed by atoms with Crippen molar-refractivity contribution < 1.29 is 18.7 Å². The highest BCUT2D eigenvalue weighted by molar-refractivity contribution is 5.93. The summed E-state index contributed by atoms with van der Waals surface area (Å²) in [5.74, 6) is 0.0827. The van der Waals surface area contributed by atoms with Crippen molar-refractivity contribution in [2.75, 3.05) is 13.1 Å². The summed E-state index contributed by atoms with van der Waals surface area (Å²) in [7, 11) is 0. The lowest BCUT2D eigenvalue weighted by Gasteiger charge is -2.50. The molecule has 0 aliphatic carbocycles. The molecule has 2 saturated heterocycles. The van der Waals surface area contributed by atoms with Crippen molar-refractivity contribution in [3.63, 3.8) is 0 Å². The Morgan fingerprint density at radius 2 is 2.07 bits per heavy atom. The van der Waals surface area contributed by atoms with E-state index in [1.807, 2.05) is 37.3 Å². The van der Waals surface area contributed by atoms with Gasteiger partial charge in [-0.2, -0.15) is 0 Å². The maximum Gasteiger partial charge on any atom is 0.275 e. The number of nitrogens with zero attached hydrogens (tertiary/aromatic N) is 2. The van der Waals surface area contributed by atoms with Gasteiger partial charge in [-0.05, 0) is 38.3 Å². The first-order valence-corrected chi connectivity index (χ1v) is 9.88. The second-order valence-electron chi connectivity index (χ2n) is 7.84. The molecule has 3 heterocycles. The summed E-state index contributed by atoms with van der Waals surface area (Å²) in [6, 6.07) is 9.43. The summed E-state index contributed by atoms with van der Waals surface area (Å²) in [5.41, 5.74) is 0.569. The summed E-state index contributed by atoms with van der Waals surface area (Å²) >= 11 is 0. The highest BCUT2D eigenvalue weighted by Gasteiger charge is 2.47. The second-order valence-corrected chi connectivity index (χ2v) is 7.84. The van der Waals surface area contributed by atoms with E-state index in [2.05, 4.69) is 16.9 Å².